The third kappa shape index (κ3) is 2.36. The van der Waals surface area contributed by atoms with Crippen molar-refractivity contribution in [2.45, 2.75) is 0 Å². The molecule has 0 bridgehead atoms. The Morgan fingerprint density at radius 3 is 2.71 bits per heavy atom. The minimum atomic E-state index is -1.04. The van der Waals surface area contributed by atoms with Crippen molar-refractivity contribution in [2.75, 3.05) is 0 Å². The fraction of sp³-hybridized carbons (Fsp3) is 0. The highest BCUT2D eigenvalue weighted by Crippen LogP contribution is 2.27. The first kappa shape index (κ1) is 11.4. The molecular formula is C11H8N2O3S. The molecule has 0 unspecified atom stereocenters. The van der Waals surface area contributed by atoms with Gasteiger partial charge in [0.1, 0.15) is 0 Å². The second-order valence-electron chi connectivity index (χ2n) is 3.26. The molecule has 0 spiro atoms. The fourth-order valence-electron chi connectivity index (χ4n) is 1.38. The van der Waals surface area contributed by atoms with Gasteiger partial charge in [0.15, 0.2) is 5.17 Å². The van der Waals surface area contributed by atoms with E-state index in [0.29, 0.717) is 10.5 Å². The van der Waals surface area contributed by atoms with Crippen LogP contribution in [0, 0.1) is 0 Å². The lowest BCUT2D eigenvalue weighted by atomic mass is 10.1. The van der Waals surface area contributed by atoms with E-state index >= 15 is 0 Å². The Morgan fingerprint density at radius 1 is 1.41 bits per heavy atom. The van der Waals surface area contributed by atoms with Crippen molar-refractivity contribution < 1.29 is 14.7 Å². The maximum absolute atomic E-state index is 11.4. The largest absolute Gasteiger partial charge is 0.478 e. The zero-order chi connectivity index (χ0) is 12.4. The number of rotatable bonds is 2. The third-order valence-electron chi connectivity index (χ3n) is 2.11. The molecule has 0 radical (unpaired) electrons. The summed E-state index contributed by atoms with van der Waals surface area (Å²) in [4.78, 5) is 26.2. The molecule has 0 saturated heterocycles. The molecule has 0 saturated carbocycles. The number of amides is 1. The Hall–Kier alpha value is -2.08. The minimum absolute atomic E-state index is 0.138. The van der Waals surface area contributed by atoms with Crippen LogP contribution in [-0.4, -0.2) is 22.2 Å². The van der Waals surface area contributed by atoms with Gasteiger partial charge in [-0.3, -0.25) is 4.79 Å². The average molecular weight is 248 g/mol. The number of nitrogens with two attached hydrogens (primary N) is 1. The highest BCUT2D eigenvalue weighted by Gasteiger charge is 2.20. The van der Waals surface area contributed by atoms with Crippen LogP contribution >= 0.6 is 11.8 Å². The first-order chi connectivity index (χ1) is 8.08. The first-order valence-electron chi connectivity index (χ1n) is 4.68. The molecule has 17 heavy (non-hydrogen) atoms. The van der Waals surface area contributed by atoms with Crippen molar-refractivity contribution in [1.29, 1.82) is 0 Å². The summed E-state index contributed by atoms with van der Waals surface area (Å²) in [5.74, 6) is -1.48. The van der Waals surface area contributed by atoms with Gasteiger partial charge in [0, 0.05) is 0 Å². The van der Waals surface area contributed by atoms with Crippen molar-refractivity contribution in [3.05, 3.63) is 40.3 Å². The zero-order valence-electron chi connectivity index (χ0n) is 8.58. The van der Waals surface area contributed by atoms with Crippen LogP contribution in [0.1, 0.15) is 15.9 Å². The van der Waals surface area contributed by atoms with Crippen molar-refractivity contribution in [3.8, 4) is 0 Å². The topological polar surface area (TPSA) is 92.8 Å². The molecule has 86 valence electrons. The molecule has 0 atom stereocenters. The first-order valence-corrected chi connectivity index (χ1v) is 5.50. The highest BCUT2D eigenvalue weighted by molar-refractivity contribution is 8.18. The summed E-state index contributed by atoms with van der Waals surface area (Å²) in [5.41, 5.74) is 6.00. The number of carbonyl (C=O) groups is 2. The SMILES string of the molecule is NC1=NC(=O)/C(=C/c2ccccc2C(=O)O)S1. The number of aromatic carboxylic acids is 1. The smallest absolute Gasteiger partial charge is 0.336 e. The van der Waals surface area contributed by atoms with Gasteiger partial charge in [0.2, 0.25) is 0 Å². The van der Waals surface area contributed by atoms with Gasteiger partial charge >= 0.3 is 5.97 Å². The fourth-order valence-corrected chi connectivity index (χ4v) is 2.06. The summed E-state index contributed by atoms with van der Waals surface area (Å²) in [6.45, 7) is 0. The Bertz CT molecular complexity index is 564. The van der Waals surface area contributed by atoms with E-state index in [4.69, 9.17) is 10.8 Å². The molecule has 6 heteroatoms. The molecule has 3 N–H and O–H groups in total. The molecule has 0 aliphatic carbocycles. The van der Waals surface area contributed by atoms with Crippen LogP contribution in [-0.2, 0) is 4.79 Å². The maximum atomic E-state index is 11.4. The van der Waals surface area contributed by atoms with E-state index in [1.807, 2.05) is 0 Å². The maximum Gasteiger partial charge on any atom is 0.336 e. The van der Waals surface area contributed by atoms with E-state index in [9.17, 15) is 9.59 Å². The van der Waals surface area contributed by atoms with Gasteiger partial charge in [-0.25, -0.2) is 4.79 Å². The summed E-state index contributed by atoms with van der Waals surface area (Å²) in [7, 11) is 0. The van der Waals surface area contributed by atoms with Crippen molar-refractivity contribution in [3.63, 3.8) is 0 Å². The molecule has 0 aromatic heterocycles. The Labute approximate surface area is 101 Å². The molecule has 1 amide bonds. The van der Waals surface area contributed by atoms with Gasteiger partial charge in [-0.2, -0.15) is 4.99 Å². The van der Waals surface area contributed by atoms with Gasteiger partial charge in [-0.05, 0) is 29.5 Å². The van der Waals surface area contributed by atoms with Gasteiger partial charge < -0.3 is 10.8 Å². The highest BCUT2D eigenvalue weighted by atomic mass is 32.2. The molecule has 5 nitrogen and oxygen atoms in total. The summed E-state index contributed by atoms with van der Waals surface area (Å²) in [6, 6.07) is 6.43. The van der Waals surface area contributed by atoms with Crippen molar-refractivity contribution >= 4 is 34.9 Å². The van der Waals surface area contributed by atoms with Crippen LogP contribution in [0.3, 0.4) is 0 Å². The lowest BCUT2D eigenvalue weighted by Gasteiger charge is -2.00. The number of carboxylic acid groups (broad SMARTS) is 1. The van der Waals surface area contributed by atoms with E-state index in [1.165, 1.54) is 12.1 Å². The van der Waals surface area contributed by atoms with E-state index < -0.39 is 11.9 Å². The Morgan fingerprint density at radius 2 is 2.12 bits per heavy atom. The number of carboxylic acids is 1. The minimum Gasteiger partial charge on any atom is -0.478 e. The van der Waals surface area contributed by atoms with E-state index in [2.05, 4.69) is 4.99 Å². The lowest BCUT2D eigenvalue weighted by Crippen LogP contribution is -2.01. The molecule has 1 aromatic rings. The van der Waals surface area contributed by atoms with Crippen LogP contribution in [0.5, 0.6) is 0 Å². The van der Waals surface area contributed by atoms with Gasteiger partial charge in [-0.15, -0.1) is 0 Å². The second-order valence-corrected chi connectivity index (χ2v) is 4.32. The summed E-state index contributed by atoms with van der Waals surface area (Å²) in [6.07, 6.45) is 1.49. The van der Waals surface area contributed by atoms with E-state index in [0.717, 1.165) is 11.8 Å². The van der Waals surface area contributed by atoms with Crippen molar-refractivity contribution in [1.82, 2.24) is 0 Å². The number of amidine groups is 1. The molecule has 2 rings (SSSR count). The van der Waals surface area contributed by atoms with E-state index in [-0.39, 0.29) is 10.7 Å². The molecular weight excluding hydrogens is 240 g/mol. The number of carbonyl (C=O) groups excluding carboxylic acids is 1. The number of thioether (sulfide) groups is 1. The third-order valence-corrected chi connectivity index (χ3v) is 2.93. The monoisotopic (exact) mass is 248 g/mol. The molecule has 1 heterocycles. The molecule has 1 aliphatic rings. The number of hydrogen-bond donors (Lipinski definition) is 2. The van der Waals surface area contributed by atoms with Gasteiger partial charge in [0.05, 0.1) is 10.5 Å². The Kier molecular flexibility index (Phi) is 2.97. The second kappa shape index (κ2) is 4.42. The van der Waals surface area contributed by atoms with Crippen LogP contribution < -0.4 is 5.73 Å². The van der Waals surface area contributed by atoms with Gasteiger partial charge in [0.25, 0.3) is 5.91 Å². The molecule has 1 aliphatic heterocycles. The predicted octanol–water partition coefficient (Wildman–Crippen LogP) is 1.31. The number of nitrogens with zero attached hydrogens (tertiary/aromatic N) is 1. The summed E-state index contributed by atoms with van der Waals surface area (Å²) in [5, 5.41) is 9.16. The van der Waals surface area contributed by atoms with Crippen LogP contribution in [0.25, 0.3) is 6.08 Å². The number of benzene rings is 1. The quantitative estimate of drug-likeness (QED) is 0.770. The number of hydrogen-bond acceptors (Lipinski definition) is 4. The lowest BCUT2D eigenvalue weighted by molar-refractivity contribution is -0.113. The van der Waals surface area contributed by atoms with Crippen molar-refractivity contribution in [2.24, 2.45) is 10.7 Å². The number of aliphatic imine (C=N–C) groups is 1. The average Bonchev–Trinajstić information content (AvgIpc) is 2.58. The normalized spacial score (nSPS) is 17.3. The van der Waals surface area contributed by atoms with E-state index in [1.54, 1.807) is 18.2 Å². The van der Waals surface area contributed by atoms with Crippen LogP contribution in [0.15, 0.2) is 34.2 Å². The van der Waals surface area contributed by atoms with Gasteiger partial charge in [-0.1, -0.05) is 18.2 Å². The zero-order valence-corrected chi connectivity index (χ0v) is 9.40. The summed E-state index contributed by atoms with van der Waals surface area (Å²) >= 11 is 1.04. The Balaban J connectivity index is 2.40. The molecule has 0 fully saturated rings. The molecule has 1 aromatic carbocycles. The van der Waals surface area contributed by atoms with Crippen LogP contribution in [0.2, 0.25) is 0 Å². The predicted molar refractivity (Wildman–Crippen MR) is 65.6 cm³/mol. The van der Waals surface area contributed by atoms with Crippen LogP contribution in [0.4, 0.5) is 0 Å². The summed E-state index contributed by atoms with van der Waals surface area (Å²) < 4.78 is 0. The standard InChI is InChI=1S/C11H8N2O3S/c12-11-13-9(14)8(17-11)5-6-3-1-2-4-7(6)10(15)16/h1-5H,(H,15,16)(H2,12,13,14)/b8-5-.